The number of carboxylic acid groups (broad SMARTS) is 1. The Balaban J connectivity index is 2.13. The van der Waals surface area contributed by atoms with Crippen LogP contribution in [-0.4, -0.2) is 16.6 Å². The topological polar surface area (TPSA) is 63.3 Å². The molecule has 3 heteroatoms. The summed E-state index contributed by atoms with van der Waals surface area (Å²) in [7, 11) is 0. The van der Waals surface area contributed by atoms with E-state index in [0.717, 1.165) is 25.7 Å². The molecule has 0 aromatic rings. The SMILES string of the molecule is NC1(CC/C=C/C(=O)O)CCC1. The molecule has 12 heavy (non-hydrogen) atoms. The second-order valence-electron chi connectivity index (χ2n) is 3.50. The summed E-state index contributed by atoms with van der Waals surface area (Å²) in [5.74, 6) is -0.880. The van der Waals surface area contributed by atoms with Crippen LogP contribution in [0.25, 0.3) is 0 Å². The zero-order valence-corrected chi connectivity index (χ0v) is 7.12. The van der Waals surface area contributed by atoms with Gasteiger partial charge < -0.3 is 10.8 Å². The summed E-state index contributed by atoms with van der Waals surface area (Å²) in [5.41, 5.74) is 5.96. The molecule has 3 N–H and O–H groups in total. The molecule has 0 spiro atoms. The van der Waals surface area contributed by atoms with Gasteiger partial charge in [-0.3, -0.25) is 0 Å². The number of allylic oxidation sites excluding steroid dienone is 1. The third kappa shape index (κ3) is 2.66. The quantitative estimate of drug-likeness (QED) is 0.623. The van der Waals surface area contributed by atoms with Crippen LogP contribution in [0.5, 0.6) is 0 Å². The Hall–Kier alpha value is -0.830. The first kappa shape index (κ1) is 9.26. The van der Waals surface area contributed by atoms with Crippen LogP contribution in [0.4, 0.5) is 0 Å². The summed E-state index contributed by atoms with van der Waals surface area (Å²) < 4.78 is 0. The second kappa shape index (κ2) is 3.72. The molecule has 0 atom stereocenters. The first-order valence-corrected chi connectivity index (χ1v) is 4.31. The van der Waals surface area contributed by atoms with E-state index in [4.69, 9.17) is 10.8 Å². The number of hydrogen-bond donors (Lipinski definition) is 2. The van der Waals surface area contributed by atoms with E-state index in [0.29, 0.717) is 0 Å². The van der Waals surface area contributed by atoms with Gasteiger partial charge in [0.15, 0.2) is 0 Å². The van der Waals surface area contributed by atoms with Crippen molar-refractivity contribution in [3.8, 4) is 0 Å². The van der Waals surface area contributed by atoms with Crippen LogP contribution in [0.1, 0.15) is 32.1 Å². The highest BCUT2D eigenvalue weighted by molar-refractivity contribution is 5.79. The van der Waals surface area contributed by atoms with Crippen LogP contribution in [0.15, 0.2) is 12.2 Å². The van der Waals surface area contributed by atoms with Crippen LogP contribution >= 0.6 is 0 Å². The van der Waals surface area contributed by atoms with Crippen molar-refractivity contribution in [1.29, 1.82) is 0 Å². The van der Waals surface area contributed by atoms with Gasteiger partial charge in [-0.05, 0) is 32.1 Å². The lowest BCUT2D eigenvalue weighted by Gasteiger charge is -2.37. The maximum atomic E-state index is 10.1. The van der Waals surface area contributed by atoms with Gasteiger partial charge in [0.2, 0.25) is 0 Å². The minimum atomic E-state index is -0.880. The van der Waals surface area contributed by atoms with Crippen molar-refractivity contribution in [2.24, 2.45) is 5.73 Å². The Kier molecular flexibility index (Phi) is 2.87. The maximum absolute atomic E-state index is 10.1. The van der Waals surface area contributed by atoms with Gasteiger partial charge in [-0.2, -0.15) is 0 Å². The zero-order chi connectivity index (χ0) is 9.03. The summed E-state index contributed by atoms with van der Waals surface area (Å²) in [5, 5.41) is 8.30. The van der Waals surface area contributed by atoms with E-state index in [2.05, 4.69) is 0 Å². The average molecular weight is 169 g/mol. The predicted octanol–water partition coefficient (Wildman–Crippen LogP) is 1.29. The minimum absolute atomic E-state index is 0.0167. The Morgan fingerprint density at radius 3 is 2.67 bits per heavy atom. The van der Waals surface area contributed by atoms with Gasteiger partial charge in [-0.25, -0.2) is 4.79 Å². The van der Waals surface area contributed by atoms with E-state index in [1.165, 1.54) is 12.5 Å². The standard InChI is InChI=1S/C9H15NO2/c10-9(6-3-7-9)5-2-1-4-8(11)12/h1,4H,2-3,5-7,10H2,(H,11,12)/b4-1+. The lowest BCUT2D eigenvalue weighted by molar-refractivity contribution is -0.131. The molecule has 1 saturated carbocycles. The Morgan fingerprint density at radius 1 is 1.58 bits per heavy atom. The molecule has 0 aromatic carbocycles. The van der Waals surface area contributed by atoms with E-state index in [1.807, 2.05) is 0 Å². The smallest absolute Gasteiger partial charge is 0.327 e. The van der Waals surface area contributed by atoms with Crippen LogP contribution in [0.3, 0.4) is 0 Å². The fourth-order valence-corrected chi connectivity index (χ4v) is 1.44. The summed E-state index contributed by atoms with van der Waals surface area (Å²) in [6.45, 7) is 0. The van der Waals surface area contributed by atoms with Gasteiger partial charge in [-0.1, -0.05) is 6.08 Å². The molecule has 0 bridgehead atoms. The number of carboxylic acids is 1. The number of rotatable bonds is 4. The lowest BCUT2D eigenvalue weighted by atomic mass is 9.75. The average Bonchev–Trinajstić information content (AvgIpc) is 1.94. The second-order valence-corrected chi connectivity index (χ2v) is 3.50. The molecule has 1 aliphatic carbocycles. The molecule has 0 aromatic heterocycles. The molecule has 68 valence electrons. The predicted molar refractivity (Wildman–Crippen MR) is 46.8 cm³/mol. The first-order valence-electron chi connectivity index (χ1n) is 4.31. The van der Waals surface area contributed by atoms with Crippen molar-refractivity contribution in [2.75, 3.05) is 0 Å². The molecule has 1 aliphatic rings. The number of nitrogens with two attached hydrogens (primary N) is 1. The number of carbonyl (C=O) groups is 1. The maximum Gasteiger partial charge on any atom is 0.327 e. The van der Waals surface area contributed by atoms with Gasteiger partial charge in [-0.15, -0.1) is 0 Å². The third-order valence-corrected chi connectivity index (χ3v) is 2.42. The molecular weight excluding hydrogens is 154 g/mol. The van der Waals surface area contributed by atoms with E-state index < -0.39 is 5.97 Å². The molecule has 1 rings (SSSR count). The van der Waals surface area contributed by atoms with Gasteiger partial charge in [0.05, 0.1) is 0 Å². The van der Waals surface area contributed by atoms with E-state index in [1.54, 1.807) is 6.08 Å². The van der Waals surface area contributed by atoms with E-state index in [-0.39, 0.29) is 5.54 Å². The summed E-state index contributed by atoms with van der Waals surface area (Å²) in [4.78, 5) is 10.1. The fraction of sp³-hybridized carbons (Fsp3) is 0.667. The van der Waals surface area contributed by atoms with Crippen molar-refractivity contribution >= 4 is 5.97 Å². The van der Waals surface area contributed by atoms with Crippen LogP contribution in [-0.2, 0) is 4.79 Å². The molecule has 0 radical (unpaired) electrons. The Labute approximate surface area is 72.3 Å². The van der Waals surface area contributed by atoms with Crippen molar-refractivity contribution < 1.29 is 9.90 Å². The zero-order valence-electron chi connectivity index (χ0n) is 7.12. The van der Waals surface area contributed by atoms with Gasteiger partial charge in [0.1, 0.15) is 0 Å². The molecule has 3 nitrogen and oxygen atoms in total. The summed E-state index contributed by atoms with van der Waals surface area (Å²) >= 11 is 0. The summed E-state index contributed by atoms with van der Waals surface area (Å²) in [6, 6.07) is 0. The largest absolute Gasteiger partial charge is 0.478 e. The normalized spacial score (nSPS) is 20.8. The highest BCUT2D eigenvalue weighted by Gasteiger charge is 2.30. The lowest BCUT2D eigenvalue weighted by Crippen LogP contribution is -2.46. The van der Waals surface area contributed by atoms with Gasteiger partial charge in [0.25, 0.3) is 0 Å². The minimum Gasteiger partial charge on any atom is -0.478 e. The molecule has 1 fully saturated rings. The van der Waals surface area contributed by atoms with Crippen molar-refractivity contribution in [3.05, 3.63) is 12.2 Å². The third-order valence-electron chi connectivity index (χ3n) is 2.42. The summed E-state index contributed by atoms with van der Waals surface area (Å²) in [6.07, 6.45) is 7.96. The monoisotopic (exact) mass is 169 g/mol. The van der Waals surface area contributed by atoms with Crippen LogP contribution < -0.4 is 5.73 Å². The molecule has 0 saturated heterocycles. The van der Waals surface area contributed by atoms with Gasteiger partial charge >= 0.3 is 5.97 Å². The first-order chi connectivity index (χ1) is 5.62. The molecule has 0 amide bonds. The van der Waals surface area contributed by atoms with Crippen LogP contribution in [0, 0.1) is 0 Å². The van der Waals surface area contributed by atoms with Gasteiger partial charge in [0, 0.05) is 11.6 Å². The highest BCUT2D eigenvalue weighted by atomic mass is 16.4. The molecule has 0 unspecified atom stereocenters. The van der Waals surface area contributed by atoms with E-state index in [9.17, 15) is 4.79 Å². The Bertz CT molecular complexity index is 195. The fourth-order valence-electron chi connectivity index (χ4n) is 1.44. The van der Waals surface area contributed by atoms with Crippen molar-refractivity contribution in [2.45, 2.75) is 37.6 Å². The Morgan fingerprint density at radius 2 is 2.25 bits per heavy atom. The number of hydrogen-bond acceptors (Lipinski definition) is 2. The highest BCUT2D eigenvalue weighted by Crippen LogP contribution is 2.33. The molecule has 0 aliphatic heterocycles. The van der Waals surface area contributed by atoms with Crippen LogP contribution in [0.2, 0.25) is 0 Å². The van der Waals surface area contributed by atoms with Crippen molar-refractivity contribution in [3.63, 3.8) is 0 Å². The number of aliphatic carboxylic acids is 1. The van der Waals surface area contributed by atoms with Crippen molar-refractivity contribution in [1.82, 2.24) is 0 Å². The molecule has 0 heterocycles. The van der Waals surface area contributed by atoms with E-state index >= 15 is 0 Å². The molecular formula is C9H15NO2.